The van der Waals surface area contributed by atoms with Crippen molar-refractivity contribution in [2.75, 3.05) is 16.2 Å². The number of ether oxygens (including phenoxy) is 1. The first-order chi connectivity index (χ1) is 18.0. The summed E-state index contributed by atoms with van der Waals surface area (Å²) in [4.78, 5) is 13.5. The lowest BCUT2D eigenvalue weighted by Gasteiger charge is -2.32. The smallest absolute Gasteiger partial charge is 0.270 e. The third-order valence-electron chi connectivity index (χ3n) is 5.89. The Morgan fingerprint density at radius 3 is 2.19 bits per heavy atom. The standard InChI is InChI=1S/C30H24N2O4S/c1-2-21-32-26-19-11-9-17-24(26)28(22-13-5-3-6-14-22)29(37(32,34)35)30(33)31-25-18-10-12-20-27(25)36-23-15-7-4-8-16-23/h2-20H,1,21H2,(H,31,33). The molecule has 184 valence electrons. The number of rotatable bonds is 7. The first-order valence-corrected chi connectivity index (χ1v) is 13.1. The van der Waals surface area contributed by atoms with Gasteiger partial charge < -0.3 is 10.1 Å². The predicted molar refractivity (Wildman–Crippen MR) is 147 cm³/mol. The maximum atomic E-state index is 14.0. The molecular weight excluding hydrogens is 484 g/mol. The second kappa shape index (κ2) is 10.2. The molecule has 1 N–H and O–H groups in total. The zero-order valence-corrected chi connectivity index (χ0v) is 20.7. The van der Waals surface area contributed by atoms with Gasteiger partial charge in [-0.15, -0.1) is 6.58 Å². The van der Waals surface area contributed by atoms with Crippen molar-refractivity contribution in [1.82, 2.24) is 0 Å². The third-order valence-corrected chi connectivity index (χ3v) is 7.72. The van der Waals surface area contributed by atoms with E-state index in [0.29, 0.717) is 39.6 Å². The number of anilines is 2. The predicted octanol–water partition coefficient (Wildman–Crippen LogP) is 6.21. The Balaban J connectivity index is 1.66. The molecule has 0 saturated heterocycles. The second-order valence-electron chi connectivity index (χ2n) is 8.28. The fourth-order valence-electron chi connectivity index (χ4n) is 4.28. The van der Waals surface area contributed by atoms with Gasteiger partial charge in [-0.3, -0.25) is 9.10 Å². The number of hydrogen-bond acceptors (Lipinski definition) is 4. The molecule has 1 aliphatic rings. The molecule has 0 bridgehead atoms. The van der Waals surface area contributed by atoms with Crippen LogP contribution in [-0.4, -0.2) is 20.9 Å². The Morgan fingerprint density at radius 1 is 0.838 bits per heavy atom. The van der Waals surface area contributed by atoms with Crippen LogP contribution in [0.1, 0.15) is 11.1 Å². The normalized spacial score (nSPS) is 14.0. The Hall–Kier alpha value is -4.62. The summed E-state index contributed by atoms with van der Waals surface area (Å²) in [6, 6.07) is 32.3. The van der Waals surface area contributed by atoms with Crippen molar-refractivity contribution in [3.63, 3.8) is 0 Å². The van der Waals surface area contributed by atoms with Gasteiger partial charge in [0.2, 0.25) is 0 Å². The summed E-state index contributed by atoms with van der Waals surface area (Å²) < 4.78 is 35.2. The molecule has 0 spiro atoms. The van der Waals surface area contributed by atoms with E-state index in [1.807, 2.05) is 48.5 Å². The van der Waals surface area contributed by atoms with Crippen LogP contribution in [0.25, 0.3) is 5.57 Å². The number of fused-ring (bicyclic) bond motifs is 1. The minimum atomic E-state index is -4.24. The van der Waals surface area contributed by atoms with E-state index in [0.717, 1.165) is 0 Å². The molecule has 0 aromatic heterocycles. The molecule has 0 radical (unpaired) electrons. The van der Waals surface area contributed by atoms with Gasteiger partial charge in [-0.25, -0.2) is 8.42 Å². The van der Waals surface area contributed by atoms with E-state index >= 15 is 0 Å². The molecule has 0 fully saturated rings. The van der Waals surface area contributed by atoms with Gasteiger partial charge in [0.05, 0.1) is 17.9 Å². The van der Waals surface area contributed by atoms with Gasteiger partial charge in [0.1, 0.15) is 5.75 Å². The fraction of sp³-hybridized carbons (Fsp3) is 0.0333. The van der Waals surface area contributed by atoms with Gasteiger partial charge in [-0.1, -0.05) is 84.9 Å². The molecule has 0 atom stereocenters. The van der Waals surface area contributed by atoms with Crippen LogP contribution in [0.2, 0.25) is 0 Å². The van der Waals surface area contributed by atoms with Gasteiger partial charge in [-0.2, -0.15) is 0 Å². The van der Waals surface area contributed by atoms with Gasteiger partial charge >= 0.3 is 0 Å². The number of amides is 1. The topological polar surface area (TPSA) is 75.7 Å². The molecule has 4 aromatic rings. The number of carbonyl (C=O) groups is 1. The van der Waals surface area contributed by atoms with Gasteiger partial charge in [-0.05, 0) is 35.9 Å². The first kappa shape index (κ1) is 24.1. The number of sulfonamides is 1. The number of benzene rings is 4. The lowest BCUT2D eigenvalue weighted by Crippen LogP contribution is -2.39. The summed E-state index contributed by atoms with van der Waals surface area (Å²) in [6.07, 6.45) is 1.50. The van der Waals surface area contributed by atoms with E-state index in [4.69, 9.17) is 4.74 Å². The largest absolute Gasteiger partial charge is 0.455 e. The van der Waals surface area contributed by atoms with Gasteiger partial charge in [0.25, 0.3) is 15.9 Å². The molecule has 1 amide bonds. The maximum absolute atomic E-state index is 14.0. The molecule has 6 nitrogen and oxygen atoms in total. The van der Waals surface area contributed by atoms with Crippen LogP contribution in [-0.2, 0) is 14.8 Å². The number of hydrogen-bond donors (Lipinski definition) is 1. The molecule has 7 heteroatoms. The Kier molecular flexibility index (Phi) is 6.62. The highest BCUT2D eigenvalue weighted by atomic mass is 32.2. The number of para-hydroxylation sites is 4. The van der Waals surface area contributed by atoms with Crippen LogP contribution in [0.15, 0.2) is 127 Å². The SMILES string of the molecule is C=CCN1c2ccccc2C(c2ccccc2)=C(C(=O)Nc2ccccc2Oc2ccccc2)S1(=O)=O. The van der Waals surface area contributed by atoms with Crippen molar-refractivity contribution in [1.29, 1.82) is 0 Å². The Labute approximate surface area is 216 Å². The molecule has 5 rings (SSSR count). The van der Waals surface area contributed by atoms with E-state index in [1.165, 1.54) is 10.4 Å². The summed E-state index contributed by atoms with van der Waals surface area (Å²) in [7, 11) is -4.24. The summed E-state index contributed by atoms with van der Waals surface area (Å²) in [6.45, 7) is 3.74. The van der Waals surface area contributed by atoms with E-state index in [-0.39, 0.29) is 11.4 Å². The monoisotopic (exact) mass is 508 g/mol. The zero-order chi connectivity index (χ0) is 25.8. The summed E-state index contributed by atoms with van der Waals surface area (Å²) in [5.41, 5.74) is 2.45. The van der Waals surface area contributed by atoms with Crippen LogP contribution in [0.5, 0.6) is 11.5 Å². The quantitative estimate of drug-likeness (QED) is 0.301. The Morgan fingerprint density at radius 2 is 1.46 bits per heavy atom. The van der Waals surface area contributed by atoms with Crippen molar-refractivity contribution in [3.8, 4) is 11.5 Å². The maximum Gasteiger partial charge on any atom is 0.270 e. The van der Waals surface area contributed by atoms with Crippen molar-refractivity contribution in [2.45, 2.75) is 0 Å². The molecule has 1 heterocycles. The van der Waals surface area contributed by atoms with Crippen LogP contribution < -0.4 is 14.4 Å². The lowest BCUT2D eigenvalue weighted by molar-refractivity contribution is -0.112. The fourth-order valence-corrected chi connectivity index (χ4v) is 5.99. The zero-order valence-electron chi connectivity index (χ0n) is 19.9. The molecule has 1 aliphatic heterocycles. The number of nitrogens with one attached hydrogen (secondary N) is 1. The highest BCUT2D eigenvalue weighted by Gasteiger charge is 2.41. The summed E-state index contributed by atoms with van der Waals surface area (Å²) in [5.74, 6) is 0.219. The van der Waals surface area contributed by atoms with Crippen LogP contribution in [0.3, 0.4) is 0 Å². The van der Waals surface area contributed by atoms with E-state index in [2.05, 4.69) is 11.9 Å². The molecular formula is C30H24N2O4S. The highest BCUT2D eigenvalue weighted by molar-refractivity contribution is 7.97. The Bertz CT molecular complexity index is 1600. The van der Waals surface area contributed by atoms with Crippen molar-refractivity contribution in [3.05, 3.63) is 138 Å². The molecule has 0 unspecified atom stereocenters. The van der Waals surface area contributed by atoms with Crippen molar-refractivity contribution in [2.24, 2.45) is 0 Å². The average molecular weight is 509 g/mol. The van der Waals surface area contributed by atoms with Gasteiger partial charge in [0, 0.05) is 11.1 Å². The van der Waals surface area contributed by atoms with E-state index in [9.17, 15) is 13.2 Å². The molecule has 37 heavy (non-hydrogen) atoms. The minimum absolute atomic E-state index is 0.0197. The van der Waals surface area contributed by atoms with E-state index in [1.54, 1.807) is 60.7 Å². The van der Waals surface area contributed by atoms with Crippen LogP contribution >= 0.6 is 0 Å². The highest BCUT2D eigenvalue weighted by Crippen LogP contribution is 2.43. The molecule has 0 aliphatic carbocycles. The number of nitrogens with zero attached hydrogens (tertiary/aromatic N) is 1. The van der Waals surface area contributed by atoms with Crippen LogP contribution in [0, 0.1) is 0 Å². The summed E-state index contributed by atoms with van der Waals surface area (Å²) >= 11 is 0. The minimum Gasteiger partial charge on any atom is -0.455 e. The second-order valence-corrected chi connectivity index (χ2v) is 10.1. The third kappa shape index (κ3) is 4.64. The van der Waals surface area contributed by atoms with E-state index < -0.39 is 15.9 Å². The molecule has 0 saturated carbocycles. The van der Waals surface area contributed by atoms with Crippen molar-refractivity contribution < 1.29 is 17.9 Å². The number of carbonyl (C=O) groups excluding carboxylic acids is 1. The summed E-state index contributed by atoms with van der Waals surface area (Å²) in [5, 5.41) is 2.80. The first-order valence-electron chi connectivity index (χ1n) is 11.7. The lowest BCUT2D eigenvalue weighted by atomic mass is 9.95. The molecule has 4 aromatic carbocycles. The van der Waals surface area contributed by atoms with Crippen LogP contribution in [0.4, 0.5) is 11.4 Å². The van der Waals surface area contributed by atoms with Gasteiger partial charge in [0.15, 0.2) is 10.7 Å². The van der Waals surface area contributed by atoms with Crippen molar-refractivity contribution >= 4 is 32.9 Å². The average Bonchev–Trinajstić information content (AvgIpc) is 2.92.